The van der Waals surface area contributed by atoms with Crippen LogP contribution in [0.1, 0.15) is 38.3 Å². The van der Waals surface area contributed by atoms with Gasteiger partial charge in [-0.3, -0.25) is 0 Å². The standard InChI is InChI=1S/C16H25N/c1-4-11-17-12-5-6-15-7-9-16(10-8-15)13-14(2)3/h5-10,14,17H,4,11-13H2,1-3H3. The van der Waals surface area contributed by atoms with Gasteiger partial charge in [0.15, 0.2) is 0 Å². The first-order chi connectivity index (χ1) is 8.22. The second-order valence-electron chi connectivity index (χ2n) is 4.95. The van der Waals surface area contributed by atoms with Crippen LogP contribution in [0.5, 0.6) is 0 Å². The highest BCUT2D eigenvalue weighted by molar-refractivity contribution is 5.49. The van der Waals surface area contributed by atoms with E-state index in [4.69, 9.17) is 0 Å². The number of hydrogen-bond donors (Lipinski definition) is 1. The van der Waals surface area contributed by atoms with Crippen molar-refractivity contribution in [2.45, 2.75) is 33.6 Å². The van der Waals surface area contributed by atoms with Crippen molar-refractivity contribution in [3.8, 4) is 0 Å². The van der Waals surface area contributed by atoms with E-state index < -0.39 is 0 Å². The molecule has 1 nitrogen and oxygen atoms in total. The fraction of sp³-hybridized carbons (Fsp3) is 0.500. The summed E-state index contributed by atoms with van der Waals surface area (Å²) in [6, 6.07) is 8.88. The quantitative estimate of drug-likeness (QED) is 0.702. The molecule has 0 aliphatic rings. The largest absolute Gasteiger partial charge is 0.313 e. The van der Waals surface area contributed by atoms with Crippen LogP contribution >= 0.6 is 0 Å². The molecule has 0 unspecified atom stereocenters. The molecule has 0 bridgehead atoms. The number of hydrogen-bond acceptors (Lipinski definition) is 1. The average molecular weight is 231 g/mol. The Morgan fingerprint density at radius 1 is 1.18 bits per heavy atom. The van der Waals surface area contributed by atoms with Crippen molar-refractivity contribution in [3.63, 3.8) is 0 Å². The van der Waals surface area contributed by atoms with E-state index in [1.807, 2.05) is 0 Å². The van der Waals surface area contributed by atoms with Gasteiger partial charge in [-0.05, 0) is 36.4 Å². The van der Waals surface area contributed by atoms with Gasteiger partial charge in [0.05, 0.1) is 0 Å². The zero-order chi connectivity index (χ0) is 12.5. The first-order valence-electron chi connectivity index (χ1n) is 6.68. The lowest BCUT2D eigenvalue weighted by molar-refractivity contribution is 0.647. The van der Waals surface area contributed by atoms with Gasteiger partial charge in [0, 0.05) is 6.54 Å². The van der Waals surface area contributed by atoms with Crippen molar-refractivity contribution in [3.05, 3.63) is 41.5 Å². The van der Waals surface area contributed by atoms with Crippen LogP contribution in [0.15, 0.2) is 30.3 Å². The molecule has 1 aromatic carbocycles. The van der Waals surface area contributed by atoms with Gasteiger partial charge in [-0.1, -0.05) is 57.2 Å². The van der Waals surface area contributed by atoms with E-state index >= 15 is 0 Å². The Bertz CT molecular complexity index is 322. The first kappa shape index (κ1) is 14.0. The van der Waals surface area contributed by atoms with Crippen molar-refractivity contribution in [1.29, 1.82) is 0 Å². The average Bonchev–Trinajstić information content (AvgIpc) is 2.30. The molecular formula is C16H25N. The molecule has 1 heteroatoms. The molecule has 0 aliphatic carbocycles. The topological polar surface area (TPSA) is 12.0 Å². The molecule has 0 spiro atoms. The maximum Gasteiger partial charge on any atom is 0.0138 e. The normalized spacial score (nSPS) is 11.5. The molecule has 0 saturated carbocycles. The van der Waals surface area contributed by atoms with E-state index in [2.05, 4.69) is 62.5 Å². The molecule has 1 rings (SSSR count). The number of nitrogens with one attached hydrogen (secondary N) is 1. The van der Waals surface area contributed by atoms with Crippen molar-refractivity contribution >= 4 is 6.08 Å². The summed E-state index contributed by atoms with van der Waals surface area (Å²) in [5, 5.41) is 3.36. The number of benzene rings is 1. The van der Waals surface area contributed by atoms with E-state index in [0.29, 0.717) is 0 Å². The minimum absolute atomic E-state index is 0.731. The van der Waals surface area contributed by atoms with Crippen LogP contribution in [-0.2, 0) is 6.42 Å². The van der Waals surface area contributed by atoms with Crippen LogP contribution in [-0.4, -0.2) is 13.1 Å². The molecule has 0 atom stereocenters. The second kappa shape index (κ2) is 8.08. The third-order valence-electron chi connectivity index (χ3n) is 2.62. The van der Waals surface area contributed by atoms with Crippen molar-refractivity contribution in [2.24, 2.45) is 5.92 Å². The third-order valence-corrected chi connectivity index (χ3v) is 2.62. The zero-order valence-electron chi connectivity index (χ0n) is 11.4. The Morgan fingerprint density at radius 2 is 1.88 bits per heavy atom. The summed E-state index contributed by atoms with van der Waals surface area (Å²) in [7, 11) is 0. The SMILES string of the molecule is CCCNCC=Cc1ccc(CC(C)C)cc1. The van der Waals surface area contributed by atoms with Gasteiger partial charge in [-0.25, -0.2) is 0 Å². The molecule has 0 heterocycles. The summed E-state index contributed by atoms with van der Waals surface area (Å²) >= 11 is 0. The molecule has 0 aromatic heterocycles. The van der Waals surface area contributed by atoms with Gasteiger partial charge < -0.3 is 5.32 Å². The second-order valence-corrected chi connectivity index (χ2v) is 4.95. The smallest absolute Gasteiger partial charge is 0.0138 e. The lowest BCUT2D eigenvalue weighted by atomic mass is 10.0. The lowest BCUT2D eigenvalue weighted by Gasteiger charge is -2.04. The molecule has 94 valence electrons. The van der Waals surface area contributed by atoms with Crippen LogP contribution in [0.3, 0.4) is 0 Å². The summed E-state index contributed by atoms with van der Waals surface area (Å²) < 4.78 is 0. The Labute approximate surface area is 106 Å². The molecule has 1 aromatic rings. The van der Waals surface area contributed by atoms with Gasteiger partial charge in [0.2, 0.25) is 0 Å². The van der Waals surface area contributed by atoms with Gasteiger partial charge in [-0.2, -0.15) is 0 Å². The van der Waals surface area contributed by atoms with Crippen LogP contribution in [0.2, 0.25) is 0 Å². The van der Waals surface area contributed by atoms with Crippen LogP contribution in [0.4, 0.5) is 0 Å². The van der Waals surface area contributed by atoms with Crippen LogP contribution in [0.25, 0.3) is 6.08 Å². The Hall–Kier alpha value is -1.08. The van der Waals surface area contributed by atoms with Gasteiger partial charge in [-0.15, -0.1) is 0 Å². The van der Waals surface area contributed by atoms with Gasteiger partial charge in [0.1, 0.15) is 0 Å². The molecule has 0 amide bonds. The monoisotopic (exact) mass is 231 g/mol. The molecule has 0 radical (unpaired) electrons. The minimum atomic E-state index is 0.731. The molecule has 0 saturated heterocycles. The Kier molecular flexibility index (Phi) is 6.64. The highest BCUT2D eigenvalue weighted by atomic mass is 14.8. The van der Waals surface area contributed by atoms with Crippen LogP contribution in [0, 0.1) is 5.92 Å². The minimum Gasteiger partial charge on any atom is -0.313 e. The van der Waals surface area contributed by atoms with E-state index in [1.54, 1.807) is 0 Å². The predicted molar refractivity (Wildman–Crippen MR) is 77.2 cm³/mol. The van der Waals surface area contributed by atoms with Crippen molar-refractivity contribution < 1.29 is 0 Å². The van der Waals surface area contributed by atoms with Crippen molar-refractivity contribution in [2.75, 3.05) is 13.1 Å². The summed E-state index contributed by atoms with van der Waals surface area (Å²) in [5.74, 6) is 0.731. The van der Waals surface area contributed by atoms with E-state index in [1.165, 1.54) is 24.0 Å². The molecule has 1 N–H and O–H groups in total. The van der Waals surface area contributed by atoms with Crippen LogP contribution < -0.4 is 5.32 Å². The molecule has 17 heavy (non-hydrogen) atoms. The molecule has 0 aliphatic heterocycles. The zero-order valence-corrected chi connectivity index (χ0v) is 11.4. The summed E-state index contributed by atoms with van der Waals surface area (Å²) in [5.41, 5.74) is 2.72. The van der Waals surface area contributed by atoms with Gasteiger partial charge in [0.25, 0.3) is 0 Å². The molecular weight excluding hydrogens is 206 g/mol. The van der Waals surface area contributed by atoms with E-state index in [-0.39, 0.29) is 0 Å². The van der Waals surface area contributed by atoms with Gasteiger partial charge >= 0.3 is 0 Å². The van der Waals surface area contributed by atoms with Crippen molar-refractivity contribution in [1.82, 2.24) is 5.32 Å². The van der Waals surface area contributed by atoms with E-state index in [0.717, 1.165) is 19.0 Å². The Morgan fingerprint density at radius 3 is 2.47 bits per heavy atom. The van der Waals surface area contributed by atoms with E-state index in [9.17, 15) is 0 Å². The summed E-state index contributed by atoms with van der Waals surface area (Å²) in [6.45, 7) is 8.75. The fourth-order valence-corrected chi connectivity index (χ4v) is 1.79. The maximum absolute atomic E-state index is 3.36. The Balaban J connectivity index is 2.39. The highest BCUT2D eigenvalue weighted by Gasteiger charge is 1.96. The predicted octanol–water partition coefficient (Wildman–Crippen LogP) is 3.90. The number of rotatable bonds is 7. The fourth-order valence-electron chi connectivity index (χ4n) is 1.79. The maximum atomic E-state index is 3.36. The highest BCUT2D eigenvalue weighted by Crippen LogP contribution is 2.10. The summed E-state index contributed by atoms with van der Waals surface area (Å²) in [6.07, 6.45) is 6.73. The first-order valence-corrected chi connectivity index (χ1v) is 6.68. The molecule has 0 fully saturated rings. The summed E-state index contributed by atoms with van der Waals surface area (Å²) in [4.78, 5) is 0. The third kappa shape index (κ3) is 6.28. The lowest BCUT2D eigenvalue weighted by Crippen LogP contribution is -2.13.